The molecule has 3 amide bonds. The van der Waals surface area contributed by atoms with Crippen molar-refractivity contribution < 1.29 is 14.0 Å². The molecule has 6 heteroatoms. The Bertz CT molecular complexity index is 525. The first kappa shape index (κ1) is 14.9. The van der Waals surface area contributed by atoms with E-state index >= 15 is 0 Å². The van der Waals surface area contributed by atoms with Gasteiger partial charge in [0.2, 0.25) is 5.91 Å². The lowest BCUT2D eigenvalue weighted by atomic mass is 10.2. The lowest BCUT2D eigenvalue weighted by Crippen LogP contribution is -2.43. The fraction of sp³-hybridized carbons (Fsp3) is 0.625. The van der Waals surface area contributed by atoms with Crippen LogP contribution >= 0.6 is 0 Å². The highest BCUT2D eigenvalue weighted by Gasteiger charge is 2.34. The SMILES string of the molecule is C[C@@H](NC(=O)N1CCCN(C(=O)C2CC2)CC1)c1ccco1. The van der Waals surface area contributed by atoms with Crippen LogP contribution in [0.5, 0.6) is 0 Å². The Morgan fingerprint density at radius 3 is 2.64 bits per heavy atom. The maximum Gasteiger partial charge on any atom is 0.318 e. The Kier molecular flexibility index (Phi) is 4.36. The van der Waals surface area contributed by atoms with Gasteiger partial charge in [-0.25, -0.2) is 4.79 Å². The molecule has 0 unspecified atom stereocenters. The van der Waals surface area contributed by atoms with E-state index in [0.717, 1.165) is 31.6 Å². The summed E-state index contributed by atoms with van der Waals surface area (Å²) in [7, 11) is 0. The van der Waals surface area contributed by atoms with Gasteiger partial charge in [-0.15, -0.1) is 0 Å². The molecule has 6 nitrogen and oxygen atoms in total. The van der Waals surface area contributed by atoms with Gasteiger partial charge in [0, 0.05) is 32.1 Å². The lowest BCUT2D eigenvalue weighted by Gasteiger charge is -2.24. The summed E-state index contributed by atoms with van der Waals surface area (Å²) in [6.45, 7) is 4.57. The molecule has 3 rings (SSSR count). The second-order valence-electron chi connectivity index (χ2n) is 6.13. The maximum atomic E-state index is 12.3. The normalized spacial score (nSPS) is 20.4. The van der Waals surface area contributed by atoms with Gasteiger partial charge < -0.3 is 19.5 Å². The van der Waals surface area contributed by atoms with Crippen molar-refractivity contribution in [2.75, 3.05) is 26.2 Å². The summed E-state index contributed by atoms with van der Waals surface area (Å²) in [4.78, 5) is 28.2. The molecule has 2 heterocycles. The zero-order valence-electron chi connectivity index (χ0n) is 13.0. The molecule has 120 valence electrons. The summed E-state index contributed by atoms with van der Waals surface area (Å²) in [6, 6.07) is 3.41. The van der Waals surface area contributed by atoms with Gasteiger partial charge in [-0.3, -0.25) is 4.79 Å². The number of furan rings is 1. The predicted octanol–water partition coefficient (Wildman–Crippen LogP) is 1.99. The maximum absolute atomic E-state index is 12.3. The number of hydrogen-bond acceptors (Lipinski definition) is 3. The third kappa shape index (κ3) is 3.43. The predicted molar refractivity (Wildman–Crippen MR) is 81.1 cm³/mol. The van der Waals surface area contributed by atoms with Gasteiger partial charge in [0.25, 0.3) is 0 Å². The third-order valence-corrected chi connectivity index (χ3v) is 4.33. The molecular weight excluding hydrogens is 282 g/mol. The minimum absolute atomic E-state index is 0.0929. The number of rotatable bonds is 3. The zero-order valence-corrected chi connectivity index (χ0v) is 13.0. The number of carbonyl (C=O) groups excluding carboxylic acids is 2. The smallest absolute Gasteiger partial charge is 0.318 e. The Labute approximate surface area is 130 Å². The Morgan fingerprint density at radius 1 is 1.23 bits per heavy atom. The number of amides is 3. The van der Waals surface area contributed by atoms with Crippen LogP contribution in [-0.2, 0) is 4.79 Å². The molecule has 2 aliphatic rings. The van der Waals surface area contributed by atoms with E-state index in [0.29, 0.717) is 19.6 Å². The third-order valence-electron chi connectivity index (χ3n) is 4.33. The molecule has 1 saturated heterocycles. The van der Waals surface area contributed by atoms with E-state index in [-0.39, 0.29) is 23.9 Å². The van der Waals surface area contributed by atoms with Crippen molar-refractivity contribution in [1.82, 2.24) is 15.1 Å². The van der Waals surface area contributed by atoms with Crippen LogP contribution in [0.2, 0.25) is 0 Å². The Balaban J connectivity index is 1.51. The van der Waals surface area contributed by atoms with E-state index in [9.17, 15) is 9.59 Å². The molecule has 0 bridgehead atoms. The van der Waals surface area contributed by atoms with Gasteiger partial charge in [0.15, 0.2) is 0 Å². The van der Waals surface area contributed by atoms with Crippen molar-refractivity contribution in [3.8, 4) is 0 Å². The van der Waals surface area contributed by atoms with E-state index in [1.54, 1.807) is 11.2 Å². The highest BCUT2D eigenvalue weighted by atomic mass is 16.3. The summed E-state index contributed by atoms with van der Waals surface area (Å²) in [5.41, 5.74) is 0. The van der Waals surface area contributed by atoms with Gasteiger partial charge in [-0.05, 0) is 38.3 Å². The van der Waals surface area contributed by atoms with Crippen LogP contribution in [0.3, 0.4) is 0 Å². The fourth-order valence-corrected chi connectivity index (χ4v) is 2.81. The van der Waals surface area contributed by atoms with Gasteiger partial charge in [0.1, 0.15) is 5.76 Å². The molecule has 1 atom stereocenters. The van der Waals surface area contributed by atoms with E-state index in [4.69, 9.17) is 4.42 Å². The van der Waals surface area contributed by atoms with Crippen molar-refractivity contribution in [2.24, 2.45) is 5.92 Å². The number of hydrogen-bond donors (Lipinski definition) is 1. The van der Waals surface area contributed by atoms with Crippen LogP contribution in [0, 0.1) is 5.92 Å². The highest BCUT2D eigenvalue weighted by molar-refractivity contribution is 5.81. The Morgan fingerprint density at radius 2 is 1.95 bits per heavy atom. The van der Waals surface area contributed by atoms with Crippen LogP contribution in [0.15, 0.2) is 22.8 Å². The summed E-state index contributed by atoms with van der Waals surface area (Å²) in [6.07, 6.45) is 4.49. The average Bonchev–Trinajstić information content (AvgIpc) is 3.27. The zero-order chi connectivity index (χ0) is 15.5. The van der Waals surface area contributed by atoms with Gasteiger partial charge in [-0.1, -0.05) is 0 Å². The second-order valence-corrected chi connectivity index (χ2v) is 6.13. The van der Waals surface area contributed by atoms with Crippen molar-refractivity contribution >= 4 is 11.9 Å². The van der Waals surface area contributed by atoms with Gasteiger partial charge >= 0.3 is 6.03 Å². The largest absolute Gasteiger partial charge is 0.467 e. The summed E-state index contributed by atoms with van der Waals surface area (Å²) in [5.74, 6) is 1.26. The topological polar surface area (TPSA) is 65.8 Å². The first-order chi connectivity index (χ1) is 10.6. The van der Waals surface area contributed by atoms with Crippen molar-refractivity contribution in [1.29, 1.82) is 0 Å². The minimum Gasteiger partial charge on any atom is -0.467 e. The average molecular weight is 305 g/mol. The van der Waals surface area contributed by atoms with Crippen LogP contribution in [0.25, 0.3) is 0 Å². The molecule has 1 aliphatic heterocycles. The molecule has 1 saturated carbocycles. The summed E-state index contributed by atoms with van der Waals surface area (Å²) >= 11 is 0. The van der Waals surface area contributed by atoms with E-state index in [1.807, 2.05) is 24.0 Å². The molecule has 0 aromatic carbocycles. The van der Waals surface area contributed by atoms with Crippen LogP contribution < -0.4 is 5.32 Å². The number of carbonyl (C=O) groups is 2. The quantitative estimate of drug-likeness (QED) is 0.929. The molecule has 1 N–H and O–H groups in total. The van der Waals surface area contributed by atoms with E-state index in [1.165, 1.54) is 0 Å². The van der Waals surface area contributed by atoms with Crippen LogP contribution in [0.4, 0.5) is 4.79 Å². The molecule has 2 fully saturated rings. The molecule has 22 heavy (non-hydrogen) atoms. The van der Waals surface area contributed by atoms with Crippen LogP contribution in [0.1, 0.15) is 38.0 Å². The highest BCUT2D eigenvalue weighted by Crippen LogP contribution is 2.31. The molecule has 1 aromatic heterocycles. The monoisotopic (exact) mass is 305 g/mol. The molecule has 1 aliphatic carbocycles. The Hall–Kier alpha value is -1.98. The van der Waals surface area contributed by atoms with Crippen LogP contribution in [-0.4, -0.2) is 47.9 Å². The molecule has 1 aromatic rings. The van der Waals surface area contributed by atoms with Gasteiger partial charge in [-0.2, -0.15) is 0 Å². The number of nitrogens with one attached hydrogen (secondary N) is 1. The summed E-state index contributed by atoms with van der Waals surface area (Å²) in [5, 5.41) is 2.95. The fourth-order valence-electron chi connectivity index (χ4n) is 2.81. The van der Waals surface area contributed by atoms with Crippen molar-refractivity contribution in [3.05, 3.63) is 24.2 Å². The number of urea groups is 1. The lowest BCUT2D eigenvalue weighted by molar-refractivity contribution is -0.132. The summed E-state index contributed by atoms with van der Waals surface area (Å²) < 4.78 is 5.30. The van der Waals surface area contributed by atoms with E-state index < -0.39 is 0 Å². The first-order valence-electron chi connectivity index (χ1n) is 8.03. The second kappa shape index (κ2) is 6.42. The van der Waals surface area contributed by atoms with E-state index in [2.05, 4.69) is 5.32 Å². The van der Waals surface area contributed by atoms with Crippen molar-refractivity contribution in [3.63, 3.8) is 0 Å². The molecule has 0 spiro atoms. The molecular formula is C16H23N3O3. The molecule has 0 radical (unpaired) electrons. The minimum atomic E-state index is -0.157. The van der Waals surface area contributed by atoms with Gasteiger partial charge in [0.05, 0.1) is 12.3 Å². The first-order valence-corrected chi connectivity index (χ1v) is 8.03. The standard InChI is InChI=1S/C16H23N3O3/c1-12(14-4-2-11-22-14)17-16(21)19-8-3-7-18(9-10-19)15(20)13-5-6-13/h2,4,11-13H,3,5-10H2,1H3,(H,17,21)/t12-/m1/s1. The number of nitrogens with zero attached hydrogens (tertiary/aromatic N) is 2. The van der Waals surface area contributed by atoms with Crippen molar-refractivity contribution in [2.45, 2.75) is 32.2 Å².